The number of rotatable bonds is 5. The van der Waals surface area contributed by atoms with Crippen LogP contribution in [0.15, 0.2) is 23.8 Å². The number of hydrogen-bond acceptors (Lipinski definition) is 3. The topological polar surface area (TPSA) is 34.1 Å². The molecule has 0 aliphatic heterocycles. The summed E-state index contributed by atoms with van der Waals surface area (Å²) >= 11 is 0. The summed E-state index contributed by atoms with van der Waals surface area (Å²) in [5.74, 6) is 0.861. The predicted molar refractivity (Wildman–Crippen MR) is 80.5 cm³/mol. The lowest BCUT2D eigenvalue weighted by molar-refractivity contribution is 0.348. The standard InChI is InChI=1S/C16H26N2O/c1-12(2)9-10-19-15-8-7-13(3)18-14(15)11-17-16(4,5)6/h7-9,17H,10-11H2,1-6H3. The molecule has 0 radical (unpaired) electrons. The fraction of sp³-hybridized carbons (Fsp3) is 0.562. The summed E-state index contributed by atoms with van der Waals surface area (Å²) < 4.78 is 5.79. The molecule has 0 amide bonds. The lowest BCUT2D eigenvalue weighted by atomic mass is 10.1. The third-order valence-corrected chi connectivity index (χ3v) is 2.59. The van der Waals surface area contributed by atoms with E-state index in [-0.39, 0.29) is 5.54 Å². The largest absolute Gasteiger partial charge is 0.488 e. The second-order valence-corrected chi connectivity index (χ2v) is 6.09. The zero-order chi connectivity index (χ0) is 14.5. The van der Waals surface area contributed by atoms with Crippen LogP contribution in [0.2, 0.25) is 0 Å². The Bertz CT molecular complexity index is 441. The summed E-state index contributed by atoms with van der Waals surface area (Å²) in [5, 5.41) is 3.45. The molecule has 1 N–H and O–H groups in total. The molecular weight excluding hydrogens is 236 g/mol. The third-order valence-electron chi connectivity index (χ3n) is 2.59. The van der Waals surface area contributed by atoms with Crippen molar-refractivity contribution >= 4 is 0 Å². The normalized spacial score (nSPS) is 11.3. The Morgan fingerprint density at radius 3 is 2.58 bits per heavy atom. The monoisotopic (exact) mass is 262 g/mol. The van der Waals surface area contributed by atoms with Gasteiger partial charge in [-0.15, -0.1) is 0 Å². The van der Waals surface area contributed by atoms with Gasteiger partial charge >= 0.3 is 0 Å². The molecule has 0 fully saturated rings. The first-order valence-electron chi connectivity index (χ1n) is 6.75. The van der Waals surface area contributed by atoms with E-state index in [1.165, 1.54) is 5.57 Å². The van der Waals surface area contributed by atoms with Crippen molar-refractivity contribution in [1.29, 1.82) is 0 Å². The molecule has 0 unspecified atom stereocenters. The van der Waals surface area contributed by atoms with Crippen LogP contribution in [0.3, 0.4) is 0 Å². The van der Waals surface area contributed by atoms with Gasteiger partial charge < -0.3 is 10.1 Å². The first-order chi connectivity index (χ1) is 8.78. The Morgan fingerprint density at radius 2 is 2.00 bits per heavy atom. The molecule has 0 saturated heterocycles. The number of aryl methyl sites for hydroxylation is 1. The zero-order valence-corrected chi connectivity index (χ0v) is 13.0. The number of ether oxygens (including phenoxy) is 1. The van der Waals surface area contributed by atoms with Gasteiger partial charge in [0.1, 0.15) is 12.4 Å². The maximum atomic E-state index is 5.79. The van der Waals surface area contributed by atoms with Crippen LogP contribution >= 0.6 is 0 Å². The van der Waals surface area contributed by atoms with Crippen LogP contribution in [0.4, 0.5) is 0 Å². The average Bonchev–Trinajstić information content (AvgIpc) is 2.27. The Balaban J connectivity index is 2.76. The second kappa shape index (κ2) is 6.71. The summed E-state index contributed by atoms with van der Waals surface area (Å²) in [4.78, 5) is 4.57. The maximum Gasteiger partial charge on any atom is 0.142 e. The van der Waals surface area contributed by atoms with Gasteiger partial charge in [-0.1, -0.05) is 5.57 Å². The van der Waals surface area contributed by atoms with E-state index in [0.29, 0.717) is 6.61 Å². The van der Waals surface area contributed by atoms with Crippen molar-refractivity contribution in [2.45, 2.75) is 53.6 Å². The van der Waals surface area contributed by atoms with E-state index in [1.54, 1.807) is 0 Å². The third kappa shape index (κ3) is 6.39. The van der Waals surface area contributed by atoms with Crippen molar-refractivity contribution in [3.8, 4) is 5.75 Å². The van der Waals surface area contributed by atoms with Crippen LogP contribution in [0.5, 0.6) is 5.75 Å². The average molecular weight is 262 g/mol. The van der Waals surface area contributed by atoms with Crippen LogP contribution in [-0.2, 0) is 6.54 Å². The summed E-state index contributed by atoms with van der Waals surface area (Å²) in [7, 11) is 0. The minimum Gasteiger partial charge on any atom is -0.488 e. The fourth-order valence-corrected chi connectivity index (χ4v) is 1.50. The van der Waals surface area contributed by atoms with E-state index in [2.05, 4.69) is 51.0 Å². The predicted octanol–water partition coefficient (Wildman–Crippen LogP) is 3.62. The van der Waals surface area contributed by atoms with E-state index in [0.717, 1.165) is 23.7 Å². The highest BCUT2D eigenvalue weighted by Crippen LogP contribution is 2.18. The van der Waals surface area contributed by atoms with Gasteiger partial charge in [0.05, 0.1) is 5.69 Å². The van der Waals surface area contributed by atoms with Crippen LogP contribution in [0.25, 0.3) is 0 Å². The highest BCUT2D eigenvalue weighted by atomic mass is 16.5. The molecule has 3 nitrogen and oxygen atoms in total. The summed E-state index contributed by atoms with van der Waals surface area (Å²) in [6.45, 7) is 13.9. The molecule has 106 valence electrons. The van der Waals surface area contributed by atoms with Crippen molar-refractivity contribution in [2.24, 2.45) is 0 Å². The van der Waals surface area contributed by atoms with E-state index < -0.39 is 0 Å². The van der Waals surface area contributed by atoms with Crippen molar-refractivity contribution in [3.63, 3.8) is 0 Å². The molecule has 0 aromatic carbocycles. The quantitative estimate of drug-likeness (QED) is 0.823. The summed E-state index contributed by atoms with van der Waals surface area (Å²) in [5.41, 5.74) is 3.31. The molecule has 1 aromatic rings. The van der Waals surface area contributed by atoms with Crippen LogP contribution in [0.1, 0.15) is 46.0 Å². The SMILES string of the molecule is CC(C)=CCOc1ccc(C)nc1CNC(C)(C)C. The molecule has 0 aliphatic carbocycles. The van der Waals surface area contributed by atoms with Gasteiger partial charge in [-0.25, -0.2) is 0 Å². The minimum atomic E-state index is 0.0720. The minimum absolute atomic E-state index is 0.0720. The summed E-state index contributed by atoms with van der Waals surface area (Å²) in [6, 6.07) is 3.99. The van der Waals surface area contributed by atoms with Crippen molar-refractivity contribution < 1.29 is 4.74 Å². The van der Waals surface area contributed by atoms with Gasteiger partial charge in [0.2, 0.25) is 0 Å². The lowest BCUT2D eigenvalue weighted by Gasteiger charge is -2.21. The molecule has 0 spiro atoms. The van der Waals surface area contributed by atoms with E-state index in [9.17, 15) is 0 Å². The summed E-state index contributed by atoms with van der Waals surface area (Å²) in [6.07, 6.45) is 2.07. The number of nitrogens with one attached hydrogen (secondary N) is 1. The van der Waals surface area contributed by atoms with Gasteiger partial charge in [0.25, 0.3) is 0 Å². The maximum absolute atomic E-state index is 5.79. The van der Waals surface area contributed by atoms with Gasteiger partial charge in [-0.3, -0.25) is 4.98 Å². The van der Waals surface area contributed by atoms with E-state index in [4.69, 9.17) is 4.74 Å². The fourth-order valence-electron chi connectivity index (χ4n) is 1.50. The van der Waals surface area contributed by atoms with Gasteiger partial charge in [0.15, 0.2) is 0 Å². The van der Waals surface area contributed by atoms with E-state index in [1.807, 2.05) is 19.1 Å². The Hall–Kier alpha value is -1.35. The highest BCUT2D eigenvalue weighted by Gasteiger charge is 2.12. The van der Waals surface area contributed by atoms with Gasteiger partial charge in [-0.2, -0.15) is 0 Å². The highest BCUT2D eigenvalue weighted by molar-refractivity contribution is 5.29. The molecule has 0 aliphatic rings. The second-order valence-electron chi connectivity index (χ2n) is 6.09. The molecule has 3 heteroatoms. The molecule has 0 saturated carbocycles. The molecule has 0 bridgehead atoms. The molecule has 1 heterocycles. The van der Waals surface area contributed by atoms with Crippen molar-refractivity contribution in [2.75, 3.05) is 6.61 Å². The number of allylic oxidation sites excluding steroid dienone is 1. The number of aromatic nitrogens is 1. The lowest BCUT2D eigenvalue weighted by Crippen LogP contribution is -2.35. The molecular formula is C16H26N2O. The molecule has 19 heavy (non-hydrogen) atoms. The van der Waals surface area contributed by atoms with Crippen molar-refractivity contribution in [1.82, 2.24) is 10.3 Å². The molecule has 1 rings (SSSR count). The first kappa shape index (κ1) is 15.7. The van der Waals surface area contributed by atoms with Crippen LogP contribution in [0, 0.1) is 6.92 Å². The Morgan fingerprint density at radius 1 is 1.32 bits per heavy atom. The Labute approximate surface area is 117 Å². The zero-order valence-electron chi connectivity index (χ0n) is 13.0. The smallest absolute Gasteiger partial charge is 0.142 e. The molecule has 0 atom stereocenters. The Kier molecular flexibility index (Phi) is 5.55. The van der Waals surface area contributed by atoms with Gasteiger partial charge in [-0.05, 0) is 59.8 Å². The number of pyridine rings is 1. The van der Waals surface area contributed by atoms with E-state index >= 15 is 0 Å². The van der Waals surface area contributed by atoms with Crippen molar-refractivity contribution in [3.05, 3.63) is 35.2 Å². The first-order valence-corrected chi connectivity index (χ1v) is 6.75. The van der Waals surface area contributed by atoms with Crippen LogP contribution in [-0.4, -0.2) is 17.1 Å². The van der Waals surface area contributed by atoms with Gasteiger partial charge in [0, 0.05) is 17.8 Å². The van der Waals surface area contributed by atoms with Crippen LogP contribution < -0.4 is 10.1 Å². The number of hydrogen-bond donors (Lipinski definition) is 1. The number of nitrogens with zero attached hydrogens (tertiary/aromatic N) is 1. The molecule has 1 aromatic heterocycles.